The zero-order valence-electron chi connectivity index (χ0n) is 9.87. The van der Waals surface area contributed by atoms with Gasteiger partial charge in [0.25, 0.3) is 19.8 Å². The van der Waals surface area contributed by atoms with Gasteiger partial charge in [-0.2, -0.15) is 5.10 Å². The summed E-state index contributed by atoms with van der Waals surface area (Å²) in [6.45, 7) is 2.24. The Labute approximate surface area is 112 Å². The number of nitrogens with one attached hydrogen (secondary N) is 1. The van der Waals surface area contributed by atoms with E-state index in [-0.39, 0.29) is 16.5 Å². The van der Waals surface area contributed by atoms with Gasteiger partial charge in [0.15, 0.2) is 5.82 Å². The van der Waals surface area contributed by atoms with Gasteiger partial charge in [-0.25, -0.2) is 13.5 Å². The molecule has 0 unspecified atom stereocenters. The highest BCUT2D eigenvalue weighted by Gasteiger charge is 2.23. The zero-order valence-corrected chi connectivity index (χ0v) is 11.4. The third-order valence-electron chi connectivity index (χ3n) is 2.29. The van der Waals surface area contributed by atoms with Gasteiger partial charge in [0.1, 0.15) is 5.69 Å². The van der Waals surface area contributed by atoms with Gasteiger partial charge >= 0.3 is 0 Å². The highest BCUT2D eigenvalue weighted by atomic mass is 35.7. The molecule has 102 valence electrons. The van der Waals surface area contributed by atoms with Crippen LogP contribution in [-0.2, 0) is 15.6 Å². The van der Waals surface area contributed by atoms with E-state index in [1.807, 2.05) is 6.92 Å². The predicted molar refractivity (Wildman–Crippen MR) is 67.2 cm³/mol. The highest BCUT2D eigenvalue weighted by molar-refractivity contribution is 8.13. The van der Waals surface area contributed by atoms with Crippen LogP contribution in [0.2, 0.25) is 0 Å². The van der Waals surface area contributed by atoms with Crippen molar-refractivity contribution < 1.29 is 8.42 Å². The fraction of sp³-hybridized carbons (Fsp3) is 0.333. The van der Waals surface area contributed by atoms with Crippen molar-refractivity contribution in [2.45, 2.75) is 25.0 Å². The lowest BCUT2D eigenvalue weighted by Gasteiger charge is -2.05. The minimum absolute atomic E-state index is 0.234. The minimum atomic E-state index is -3.99. The largest absolute Gasteiger partial charge is 0.296 e. The first-order valence-electron chi connectivity index (χ1n) is 5.37. The van der Waals surface area contributed by atoms with Crippen molar-refractivity contribution >= 4 is 19.7 Å². The lowest BCUT2D eigenvalue weighted by atomic mass is 10.3. The third kappa shape index (κ3) is 2.82. The van der Waals surface area contributed by atoms with Crippen LogP contribution in [0.4, 0.5) is 0 Å². The smallest absolute Gasteiger partial charge is 0.295 e. The van der Waals surface area contributed by atoms with Crippen LogP contribution in [0.5, 0.6) is 0 Å². The average Bonchev–Trinajstić information content (AvgIpc) is 2.74. The summed E-state index contributed by atoms with van der Waals surface area (Å²) >= 11 is 0. The third-order valence-corrected chi connectivity index (χ3v) is 3.44. The number of rotatable bonds is 4. The number of hydrogen-bond donors (Lipinski definition) is 1. The van der Waals surface area contributed by atoms with Gasteiger partial charge < -0.3 is 0 Å². The number of halogens is 1. The van der Waals surface area contributed by atoms with Crippen molar-refractivity contribution in [2.24, 2.45) is 0 Å². The zero-order chi connectivity index (χ0) is 14.0. The molecule has 0 atom stereocenters. The number of H-pyrrole nitrogens is 1. The average molecular weight is 304 g/mol. The van der Waals surface area contributed by atoms with Crippen molar-refractivity contribution in [2.75, 3.05) is 0 Å². The van der Waals surface area contributed by atoms with Gasteiger partial charge in [-0.15, -0.1) is 10.2 Å². The second-order valence-electron chi connectivity index (χ2n) is 3.70. The monoisotopic (exact) mass is 303 g/mol. The molecule has 2 aromatic heterocycles. The molecule has 0 bridgehead atoms. The van der Waals surface area contributed by atoms with Crippen molar-refractivity contribution in [1.82, 2.24) is 25.0 Å². The normalized spacial score (nSPS) is 11.7. The highest BCUT2D eigenvalue weighted by Crippen LogP contribution is 2.20. The SMILES string of the molecule is CCCn1c(-c2ccc(=O)[nH]n2)nnc1S(=O)(=O)Cl. The summed E-state index contributed by atoms with van der Waals surface area (Å²) in [4.78, 5) is 11.0. The number of aromatic amines is 1. The molecular weight excluding hydrogens is 294 g/mol. The molecule has 0 aliphatic carbocycles. The van der Waals surface area contributed by atoms with E-state index in [2.05, 4.69) is 20.4 Å². The summed E-state index contributed by atoms with van der Waals surface area (Å²) in [6, 6.07) is 2.70. The molecule has 0 aromatic carbocycles. The molecule has 2 aromatic rings. The van der Waals surface area contributed by atoms with Crippen molar-refractivity contribution in [3.8, 4) is 11.5 Å². The van der Waals surface area contributed by atoms with Crippen LogP contribution in [0.1, 0.15) is 13.3 Å². The molecule has 0 spiro atoms. The summed E-state index contributed by atoms with van der Waals surface area (Å²) in [5, 5.41) is 13.0. The van der Waals surface area contributed by atoms with Crippen molar-refractivity contribution in [3.63, 3.8) is 0 Å². The van der Waals surface area contributed by atoms with Crippen LogP contribution < -0.4 is 5.56 Å². The van der Waals surface area contributed by atoms with Crippen LogP contribution in [0, 0.1) is 0 Å². The molecule has 0 saturated carbocycles. The van der Waals surface area contributed by atoms with Crippen LogP contribution in [-0.4, -0.2) is 33.4 Å². The molecule has 0 aliphatic rings. The lowest BCUT2D eigenvalue weighted by Crippen LogP contribution is -2.10. The van der Waals surface area contributed by atoms with Crippen LogP contribution >= 0.6 is 10.7 Å². The Kier molecular flexibility index (Phi) is 3.67. The maximum atomic E-state index is 11.4. The summed E-state index contributed by atoms with van der Waals surface area (Å²) in [5.41, 5.74) is -0.0531. The second kappa shape index (κ2) is 5.10. The van der Waals surface area contributed by atoms with E-state index < -0.39 is 9.05 Å². The first kappa shape index (κ1) is 13.7. The Morgan fingerprint density at radius 3 is 2.63 bits per heavy atom. The molecule has 8 nitrogen and oxygen atoms in total. The number of aromatic nitrogens is 5. The first-order chi connectivity index (χ1) is 8.93. The van der Waals surface area contributed by atoms with E-state index in [1.165, 1.54) is 16.7 Å². The van der Waals surface area contributed by atoms with Crippen molar-refractivity contribution in [3.05, 3.63) is 22.5 Å². The maximum Gasteiger partial charge on any atom is 0.296 e. The van der Waals surface area contributed by atoms with Gasteiger partial charge in [-0.3, -0.25) is 9.36 Å². The molecule has 0 fully saturated rings. The summed E-state index contributed by atoms with van der Waals surface area (Å²) in [6.07, 6.45) is 0.661. The number of nitrogens with zero attached hydrogens (tertiary/aromatic N) is 4. The molecule has 0 radical (unpaired) electrons. The predicted octanol–water partition coefficient (Wildman–Crippen LogP) is 0.366. The Bertz CT molecular complexity index is 731. The topological polar surface area (TPSA) is 111 Å². The summed E-state index contributed by atoms with van der Waals surface area (Å²) < 4.78 is 24.1. The van der Waals surface area contributed by atoms with E-state index in [0.717, 1.165) is 0 Å². The van der Waals surface area contributed by atoms with Crippen LogP contribution in [0.3, 0.4) is 0 Å². The molecular formula is C9H10ClN5O3S. The van der Waals surface area contributed by atoms with Gasteiger partial charge in [0, 0.05) is 23.3 Å². The standard InChI is InChI=1S/C9H10ClN5O3S/c1-2-5-15-8(6-3-4-7(16)12-11-6)13-14-9(15)19(10,17)18/h3-4H,2,5H2,1H3,(H,12,16). The molecule has 1 N–H and O–H groups in total. The summed E-state index contributed by atoms with van der Waals surface area (Å²) in [7, 11) is 1.31. The molecule has 0 saturated heterocycles. The fourth-order valence-electron chi connectivity index (χ4n) is 1.55. The van der Waals surface area contributed by atoms with Crippen LogP contribution in [0.25, 0.3) is 11.5 Å². The van der Waals surface area contributed by atoms with E-state index in [4.69, 9.17) is 10.7 Å². The molecule has 10 heteroatoms. The van der Waals surface area contributed by atoms with E-state index in [1.54, 1.807) is 0 Å². The minimum Gasteiger partial charge on any atom is -0.295 e. The molecule has 19 heavy (non-hydrogen) atoms. The van der Waals surface area contributed by atoms with Gasteiger partial charge in [-0.05, 0) is 12.5 Å². The van der Waals surface area contributed by atoms with E-state index in [9.17, 15) is 13.2 Å². The molecule has 0 aliphatic heterocycles. The Morgan fingerprint density at radius 2 is 2.11 bits per heavy atom. The van der Waals surface area contributed by atoms with Gasteiger partial charge in [0.05, 0.1) is 0 Å². The van der Waals surface area contributed by atoms with Crippen LogP contribution in [0.15, 0.2) is 22.1 Å². The van der Waals surface area contributed by atoms with Gasteiger partial charge in [0.2, 0.25) is 0 Å². The Hall–Kier alpha value is -1.74. The molecule has 2 rings (SSSR count). The Morgan fingerprint density at radius 1 is 1.37 bits per heavy atom. The fourth-order valence-corrected chi connectivity index (χ4v) is 2.47. The van der Waals surface area contributed by atoms with E-state index >= 15 is 0 Å². The Balaban J connectivity index is 2.61. The quantitative estimate of drug-likeness (QED) is 0.817. The van der Waals surface area contributed by atoms with Gasteiger partial charge in [-0.1, -0.05) is 6.92 Å². The maximum absolute atomic E-state index is 11.4. The molecule has 0 amide bonds. The first-order valence-corrected chi connectivity index (χ1v) is 7.68. The summed E-state index contributed by atoms with van der Waals surface area (Å²) in [5.74, 6) is 0.234. The number of hydrogen-bond acceptors (Lipinski definition) is 6. The second-order valence-corrected chi connectivity index (χ2v) is 6.16. The lowest BCUT2D eigenvalue weighted by molar-refractivity contribution is 0.569. The van der Waals surface area contributed by atoms with E-state index in [0.29, 0.717) is 18.7 Å². The van der Waals surface area contributed by atoms with Crippen molar-refractivity contribution in [1.29, 1.82) is 0 Å². The molecule has 2 heterocycles.